The first-order valence-electron chi connectivity index (χ1n) is 7.42. The highest BCUT2D eigenvalue weighted by Gasteiger charge is 2.20. The van der Waals surface area contributed by atoms with E-state index in [9.17, 15) is 18.0 Å². The van der Waals surface area contributed by atoms with Gasteiger partial charge >= 0.3 is 5.69 Å². The number of nitrogens with zero attached hydrogens (tertiary/aromatic N) is 5. The number of nitrogens with one attached hydrogen (secondary N) is 1. The monoisotopic (exact) mass is 386 g/mol. The minimum Gasteiger partial charge on any atom is -0.323 e. The molecule has 27 heavy (non-hydrogen) atoms. The molecule has 0 aromatic heterocycles. The summed E-state index contributed by atoms with van der Waals surface area (Å²) >= 11 is 0. The molecule has 2 aliphatic heterocycles. The van der Waals surface area contributed by atoms with Crippen LogP contribution in [0.3, 0.4) is 0 Å². The zero-order valence-electron chi connectivity index (χ0n) is 13.5. The Bertz CT molecular complexity index is 1340. The molecule has 0 fully saturated rings. The number of fused-ring (bicyclic) bond motifs is 2. The van der Waals surface area contributed by atoms with Gasteiger partial charge in [0, 0.05) is 6.54 Å². The van der Waals surface area contributed by atoms with Crippen LogP contribution in [-0.2, 0) is 16.7 Å². The van der Waals surface area contributed by atoms with Crippen LogP contribution in [-0.4, -0.2) is 38.2 Å². The van der Waals surface area contributed by atoms with Crippen molar-refractivity contribution in [1.29, 1.82) is 0 Å². The lowest BCUT2D eigenvalue weighted by molar-refractivity contribution is 0.478. The van der Waals surface area contributed by atoms with E-state index in [1.54, 1.807) is 0 Å². The molecular weight excluding hydrogens is 376 g/mol. The number of rotatable bonds is 4. The smallest absolute Gasteiger partial charge is 0.323 e. The summed E-state index contributed by atoms with van der Waals surface area (Å²) in [6.45, 7) is 14.3. The lowest BCUT2D eigenvalue weighted by atomic mass is 10.2. The first-order chi connectivity index (χ1) is 12.7. The highest BCUT2D eigenvalue weighted by atomic mass is 32.2. The van der Waals surface area contributed by atoms with E-state index in [4.69, 9.17) is 17.7 Å². The SMILES string of the molecule is [C-]#[N+]c1cc2nc3c(=O)[nH]c(=O)nc-3n(CCCS(=O)(=O)O)c2cc1[N+]#[C-]. The van der Waals surface area contributed by atoms with Crippen LogP contribution in [0.25, 0.3) is 32.2 Å². The van der Waals surface area contributed by atoms with Crippen molar-refractivity contribution in [3.63, 3.8) is 0 Å². The third kappa shape index (κ3) is 3.52. The minimum atomic E-state index is -4.21. The second-order valence-corrected chi connectivity index (χ2v) is 7.07. The van der Waals surface area contributed by atoms with Gasteiger partial charge in [0.25, 0.3) is 15.7 Å². The molecule has 136 valence electrons. The van der Waals surface area contributed by atoms with Crippen molar-refractivity contribution < 1.29 is 13.0 Å². The summed E-state index contributed by atoms with van der Waals surface area (Å²) in [5, 5.41) is 0. The van der Waals surface area contributed by atoms with E-state index < -0.39 is 27.1 Å². The van der Waals surface area contributed by atoms with Crippen LogP contribution in [0.2, 0.25) is 0 Å². The predicted octanol–water partition coefficient (Wildman–Crippen LogP) is 0.964. The van der Waals surface area contributed by atoms with Gasteiger partial charge in [0.1, 0.15) is 0 Å². The fourth-order valence-electron chi connectivity index (χ4n) is 2.63. The maximum absolute atomic E-state index is 12.1. The molecule has 0 aliphatic carbocycles. The fraction of sp³-hybridized carbons (Fsp3) is 0.200. The Morgan fingerprint density at radius 3 is 2.44 bits per heavy atom. The highest BCUT2D eigenvalue weighted by Crippen LogP contribution is 2.34. The Morgan fingerprint density at radius 2 is 1.81 bits per heavy atom. The van der Waals surface area contributed by atoms with Crippen LogP contribution in [0.5, 0.6) is 0 Å². The first kappa shape index (κ1) is 18.2. The van der Waals surface area contributed by atoms with Crippen molar-refractivity contribution in [1.82, 2.24) is 19.5 Å². The average molecular weight is 386 g/mol. The van der Waals surface area contributed by atoms with Crippen LogP contribution < -0.4 is 11.2 Å². The van der Waals surface area contributed by atoms with Crippen LogP contribution in [0.1, 0.15) is 6.42 Å². The number of aromatic nitrogens is 4. The quantitative estimate of drug-likeness (QED) is 0.386. The maximum atomic E-state index is 12.1. The maximum Gasteiger partial charge on any atom is 0.349 e. The van der Waals surface area contributed by atoms with Crippen molar-refractivity contribution >= 4 is 32.5 Å². The lowest BCUT2D eigenvalue weighted by Crippen LogP contribution is -2.29. The number of H-pyrrole nitrogens is 1. The molecule has 0 amide bonds. The Kier molecular flexibility index (Phi) is 4.45. The number of aryl methyl sites for hydroxylation is 1. The molecule has 2 N–H and O–H groups in total. The summed E-state index contributed by atoms with van der Waals surface area (Å²) in [7, 11) is -4.21. The molecule has 0 unspecified atom stereocenters. The molecule has 0 atom stereocenters. The molecule has 3 rings (SSSR count). The van der Waals surface area contributed by atoms with Crippen molar-refractivity contribution in [2.45, 2.75) is 13.0 Å². The summed E-state index contributed by atoms with van der Waals surface area (Å²) in [6.07, 6.45) is -0.0433. The van der Waals surface area contributed by atoms with Gasteiger partial charge in [-0.3, -0.25) is 24.0 Å². The lowest BCUT2D eigenvalue weighted by Gasteiger charge is -2.17. The molecule has 12 heteroatoms. The van der Waals surface area contributed by atoms with Gasteiger partial charge in [-0.15, -0.1) is 0 Å². The molecule has 0 saturated heterocycles. The van der Waals surface area contributed by atoms with E-state index in [0.29, 0.717) is 5.52 Å². The van der Waals surface area contributed by atoms with E-state index in [1.165, 1.54) is 16.7 Å². The first-order valence-corrected chi connectivity index (χ1v) is 9.03. The largest absolute Gasteiger partial charge is 0.349 e. The Balaban J connectivity index is 2.35. The van der Waals surface area contributed by atoms with Gasteiger partial charge < -0.3 is 4.57 Å². The highest BCUT2D eigenvalue weighted by molar-refractivity contribution is 7.85. The van der Waals surface area contributed by atoms with Crippen molar-refractivity contribution in [3.05, 3.63) is 55.8 Å². The molecule has 1 aromatic carbocycles. The van der Waals surface area contributed by atoms with E-state index >= 15 is 0 Å². The molecule has 2 heterocycles. The number of benzene rings is 1. The topological polar surface area (TPSA) is 144 Å². The summed E-state index contributed by atoms with van der Waals surface area (Å²) in [5.74, 6) is -0.632. The van der Waals surface area contributed by atoms with Crippen LogP contribution in [0, 0.1) is 13.1 Å². The number of hydrogen-bond acceptors (Lipinski definition) is 6. The van der Waals surface area contributed by atoms with Gasteiger partial charge in [0.2, 0.25) is 0 Å². The Hall–Kier alpha value is -3.61. The van der Waals surface area contributed by atoms with Gasteiger partial charge in [-0.05, 0) is 18.6 Å². The third-order valence-electron chi connectivity index (χ3n) is 3.73. The average Bonchev–Trinajstić information content (AvgIpc) is 2.59. The third-order valence-corrected chi connectivity index (χ3v) is 4.53. The van der Waals surface area contributed by atoms with Crippen molar-refractivity contribution in [2.24, 2.45) is 0 Å². The van der Waals surface area contributed by atoms with Gasteiger partial charge in [-0.1, -0.05) is 0 Å². The molecule has 0 spiro atoms. The molecule has 11 nitrogen and oxygen atoms in total. The van der Waals surface area contributed by atoms with E-state index in [-0.39, 0.29) is 41.4 Å². The summed E-state index contributed by atoms with van der Waals surface area (Å²) in [6, 6.07) is 2.70. The molecule has 1 aromatic rings. The summed E-state index contributed by atoms with van der Waals surface area (Å²) < 4.78 is 32.3. The van der Waals surface area contributed by atoms with E-state index in [2.05, 4.69) is 19.7 Å². The van der Waals surface area contributed by atoms with Crippen LogP contribution in [0.4, 0.5) is 11.4 Å². The van der Waals surface area contributed by atoms with Gasteiger partial charge in [-0.25, -0.2) is 9.78 Å². The summed E-state index contributed by atoms with van der Waals surface area (Å²) in [5.41, 5.74) is -1.27. The molecule has 0 bridgehead atoms. The van der Waals surface area contributed by atoms with Crippen LogP contribution in [0.15, 0.2) is 21.7 Å². The molecular formula is C15H10N6O5S. The normalized spacial score (nSPS) is 11.4. The second-order valence-electron chi connectivity index (χ2n) is 5.50. The molecule has 0 radical (unpaired) electrons. The van der Waals surface area contributed by atoms with Gasteiger partial charge in [0.05, 0.1) is 29.9 Å². The summed E-state index contributed by atoms with van der Waals surface area (Å²) in [4.78, 5) is 40.1. The fourth-order valence-corrected chi connectivity index (χ4v) is 3.12. The second kappa shape index (κ2) is 6.60. The number of aromatic amines is 1. The Morgan fingerprint density at radius 1 is 1.15 bits per heavy atom. The van der Waals surface area contributed by atoms with Crippen molar-refractivity contribution in [3.8, 4) is 11.5 Å². The molecule has 0 saturated carbocycles. The van der Waals surface area contributed by atoms with Gasteiger partial charge in [0.15, 0.2) is 22.9 Å². The van der Waals surface area contributed by atoms with Gasteiger partial charge in [-0.2, -0.15) is 13.4 Å². The van der Waals surface area contributed by atoms with Crippen LogP contribution >= 0.6 is 0 Å². The standard InChI is InChI=1S/C15H10N6O5S/c1-16-8-6-10-11(7-9(8)17-2)21(4-3-5-27(24,25)26)13-12(18-10)14(22)20-15(23)19-13/h6-7H,3-5H2,(H,20,22,23)(H,24,25,26). The minimum absolute atomic E-state index is 0.0278. The number of hydrogen-bond donors (Lipinski definition) is 2. The predicted molar refractivity (Wildman–Crippen MR) is 94.6 cm³/mol. The molecule has 2 aliphatic rings. The Labute approximate surface area is 151 Å². The van der Waals surface area contributed by atoms with Crippen molar-refractivity contribution in [2.75, 3.05) is 5.75 Å². The van der Waals surface area contributed by atoms with E-state index in [1.807, 2.05) is 4.98 Å². The van der Waals surface area contributed by atoms with E-state index in [0.717, 1.165) is 0 Å². The zero-order chi connectivity index (χ0) is 19.8. The zero-order valence-corrected chi connectivity index (χ0v) is 14.3.